The first-order valence-electron chi connectivity index (χ1n) is 12.6. The third-order valence-corrected chi connectivity index (χ3v) is 5.94. The number of aliphatic hydroxyl groups is 1. The third kappa shape index (κ3) is 10.4. The van der Waals surface area contributed by atoms with Gasteiger partial charge in [0.05, 0.1) is 25.0 Å². The molecule has 0 aliphatic heterocycles. The fraction of sp³-hybridized carbons (Fsp3) is 0.367. The SMILES string of the molecule is C=CC[C@@H](CC(=O)N[C@@H](C)CO)C(=O)NC[C@@H](OC(=O)[C@H](CC=C)Cc1ccccc1)c1ccccc1. The van der Waals surface area contributed by atoms with Crippen molar-refractivity contribution >= 4 is 17.8 Å². The molecule has 7 nitrogen and oxygen atoms in total. The van der Waals surface area contributed by atoms with E-state index in [1.165, 1.54) is 0 Å². The van der Waals surface area contributed by atoms with E-state index < -0.39 is 24.0 Å². The number of ether oxygens (including phenoxy) is 1. The molecule has 2 amide bonds. The summed E-state index contributed by atoms with van der Waals surface area (Å²) < 4.78 is 5.93. The van der Waals surface area contributed by atoms with Crippen molar-refractivity contribution in [1.29, 1.82) is 0 Å². The molecule has 7 heteroatoms. The first kappa shape index (κ1) is 29.5. The van der Waals surface area contributed by atoms with Crippen LogP contribution in [0, 0.1) is 11.8 Å². The molecule has 198 valence electrons. The molecule has 2 aromatic carbocycles. The van der Waals surface area contributed by atoms with Crippen LogP contribution in [0.5, 0.6) is 0 Å². The van der Waals surface area contributed by atoms with E-state index in [0.29, 0.717) is 19.3 Å². The Balaban J connectivity index is 2.11. The van der Waals surface area contributed by atoms with Gasteiger partial charge in [-0.05, 0) is 37.3 Å². The van der Waals surface area contributed by atoms with E-state index in [0.717, 1.165) is 11.1 Å². The van der Waals surface area contributed by atoms with E-state index in [4.69, 9.17) is 9.84 Å². The molecule has 37 heavy (non-hydrogen) atoms. The van der Waals surface area contributed by atoms with Crippen LogP contribution >= 0.6 is 0 Å². The molecule has 0 unspecified atom stereocenters. The Labute approximate surface area is 219 Å². The maximum atomic E-state index is 13.2. The second-order valence-corrected chi connectivity index (χ2v) is 9.07. The third-order valence-electron chi connectivity index (χ3n) is 5.94. The van der Waals surface area contributed by atoms with E-state index in [2.05, 4.69) is 23.8 Å². The second-order valence-electron chi connectivity index (χ2n) is 9.07. The molecule has 0 aromatic heterocycles. The zero-order valence-electron chi connectivity index (χ0n) is 21.5. The number of benzene rings is 2. The number of aliphatic hydroxyl groups excluding tert-OH is 1. The molecule has 0 heterocycles. The van der Waals surface area contributed by atoms with Crippen molar-refractivity contribution in [3.05, 3.63) is 97.1 Å². The highest BCUT2D eigenvalue weighted by molar-refractivity contribution is 5.86. The molecule has 0 saturated carbocycles. The summed E-state index contributed by atoms with van der Waals surface area (Å²) in [6.07, 6.45) is 3.83. The van der Waals surface area contributed by atoms with Gasteiger partial charge < -0.3 is 20.5 Å². The average molecular weight is 507 g/mol. The number of nitrogens with one attached hydrogen (secondary N) is 2. The molecule has 4 atom stereocenters. The summed E-state index contributed by atoms with van der Waals surface area (Å²) in [7, 11) is 0. The van der Waals surface area contributed by atoms with E-state index >= 15 is 0 Å². The summed E-state index contributed by atoms with van der Waals surface area (Å²) in [6, 6.07) is 18.6. The Hall–Kier alpha value is -3.71. The van der Waals surface area contributed by atoms with Gasteiger partial charge in [-0.1, -0.05) is 72.8 Å². The molecule has 0 saturated heterocycles. The molecule has 0 bridgehead atoms. The van der Waals surface area contributed by atoms with Crippen molar-refractivity contribution in [3.8, 4) is 0 Å². The number of hydrogen-bond acceptors (Lipinski definition) is 5. The Morgan fingerprint density at radius 3 is 2.14 bits per heavy atom. The van der Waals surface area contributed by atoms with Crippen molar-refractivity contribution in [2.45, 2.75) is 44.8 Å². The highest BCUT2D eigenvalue weighted by Gasteiger charge is 2.26. The van der Waals surface area contributed by atoms with Crippen molar-refractivity contribution in [1.82, 2.24) is 10.6 Å². The highest BCUT2D eigenvalue weighted by Crippen LogP contribution is 2.22. The molecule has 0 fully saturated rings. The number of amides is 2. The molecular weight excluding hydrogens is 468 g/mol. The van der Waals surface area contributed by atoms with Gasteiger partial charge in [0.2, 0.25) is 11.8 Å². The summed E-state index contributed by atoms with van der Waals surface area (Å²) in [4.78, 5) is 38.5. The lowest BCUT2D eigenvalue weighted by Crippen LogP contribution is -2.40. The van der Waals surface area contributed by atoms with Crippen molar-refractivity contribution < 1.29 is 24.2 Å². The number of rotatable bonds is 16. The zero-order chi connectivity index (χ0) is 27.0. The smallest absolute Gasteiger partial charge is 0.310 e. The maximum absolute atomic E-state index is 13.2. The average Bonchev–Trinajstić information content (AvgIpc) is 2.91. The molecule has 3 N–H and O–H groups in total. The summed E-state index contributed by atoms with van der Waals surface area (Å²) in [5.74, 6) is -2.08. The van der Waals surface area contributed by atoms with Gasteiger partial charge in [0.15, 0.2) is 0 Å². The lowest BCUT2D eigenvalue weighted by Gasteiger charge is -2.23. The van der Waals surface area contributed by atoms with E-state index in [1.807, 2.05) is 60.7 Å². The lowest BCUT2D eigenvalue weighted by atomic mass is 9.96. The van der Waals surface area contributed by atoms with Gasteiger partial charge in [-0.2, -0.15) is 0 Å². The zero-order valence-corrected chi connectivity index (χ0v) is 21.5. The van der Waals surface area contributed by atoms with Crippen LogP contribution in [-0.2, 0) is 25.5 Å². The molecule has 0 aliphatic rings. The quantitative estimate of drug-likeness (QED) is 0.237. The van der Waals surface area contributed by atoms with Crippen molar-refractivity contribution in [2.75, 3.05) is 13.2 Å². The Bertz CT molecular complexity index is 1010. The molecular formula is C30H38N2O5. The lowest BCUT2D eigenvalue weighted by molar-refractivity contribution is -0.154. The van der Waals surface area contributed by atoms with Crippen molar-refractivity contribution in [3.63, 3.8) is 0 Å². The first-order valence-corrected chi connectivity index (χ1v) is 12.6. The molecule has 0 radical (unpaired) electrons. The van der Waals surface area contributed by atoms with Crippen LogP contribution in [0.2, 0.25) is 0 Å². The van der Waals surface area contributed by atoms with Crippen LogP contribution < -0.4 is 10.6 Å². The van der Waals surface area contributed by atoms with Gasteiger partial charge in [-0.15, -0.1) is 13.2 Å². The van der Waals surface area contributed by atoms with Gasteiger partial charge in [-0.3, -0.25) is 14.4 Å². The number of esters is 1. The summed E-state index contributed by atoms with van der Waals surface area (Å²) >= 11 is 0. The van der Waals surface area contributed by atoms with Crippen LogP contribution in [0.25, 0.3) is 0 Å². The van der Waals surface area contributed by atoms with Crippen LogP contribution in [0.1, 0.15) is 43.4 Å². The summed E-state index contributed by atoms with van der Waals surface area (Å²) in [5.41, 5.74) is 1.78. The second kappa shape index (κ2) is 16.1. The first-order chi connectivity index (χ1) is 17.9. The Kier molecular flexibility index (Phi) is 12.9. The molecule has 2 rings (SSSR count). The standard InChI is InChI=1S/C30H38N2O5/c1-4-12-25(19-28(34)32-22(3)21-33)29(35)31-20-27(24-16-10-7-11-17-24)37-30(36)26(13-5-2)18-23-14-8-6-9-15-23/h4-11,14-17,22,25-27,33H,1-2,12-13,18-21H2,3H3,(H,31,35)(H,32,34)/t22-,25-,26+,27+/m0/s1. The van der Waals surface area contributed by atoms with Crippen LogP contribution in [-0.4, -0.2) is 42.1 Å². The van der Waals surface area contributed by atoms with Crippen molar-refractivity contribution in [2.24, 2.45) is 11.8 Å². The fourth-order valence-corrected chi connectivity index (χ4v) is 3.92. The van der Waals surface area contributed by atoms with Gasteiger partial charge in [0.25, 0.3) is 0 Å². The molecule has 2 aromatic rings. The number of carbonyl (C=O) groups excluding carboxylic acids is 3. The van der Waals surface area contributed by atoms with E-state index in [9.17, 15) is 14.4 Å². The monoisotopic (exact) mass is 506 g/mol. The molecule has 0 spiro atoms. The summed E-state index contributed by atoms with van der Waals surface area (Å²) in [5, 5.41) is 14.7. The topological polar surface area (TPSA) is 105 Å². The number of allylic oxidation sites excluding steroid dienone is 2. The normalized spacial score (nSPS) is 13.9. The minimum absolute atomic E-state index is 0.0452. The van der Waals surface area contributed by atoms with E-state index in [1.54, 1.807) is 19.1 Å². The largest absolute Gasteiger partial charge is 0.455 e. The Morgan fingerprint density at radius 1 is 0.946 bits per heavy atom. The van der Waals surface area contributed by atoms with E-state index in [-0.39, 0.29) is 37.4 Å². The number of carbonyl (C=O) groups is 3. The highest BCUT2D eigenvalue weighted by atomic mass is 16.5. The van der Waals surface area contributed by atoms with Gasteiger partial charge in [0, 0.05) is 12.5 Å². The minimum atomic E-state index is -0.701. The number of hydrogen-bond donors (Lipinski definition) is 3. The Morgan fingerprint density at radius 2 is 1.54 bits per heavy atom. The van der Waals surface area contributed by atoms with Gasteiger partial charge >= 0.3 is 5.97 Å². The van der Waals surface area contributed by atoms with Crippen LogP contribution in [0.4, 0.5) is 0 Å². The predicted octanol–water partition coefficient (Wildman–Crippen LogP) is 3.90. The van der Waals surface area contributed by atoms with Gasteiger partial charge in [0.1, 0.15) is 6.10 Å². The summed E-state index contributed by atoms with van der Waals surface area (Å²) in [6.45, 7) is 9.02. The minimum Gasteiger partial charge on any atom is -0.455 e. The molecule has 0 aliphatic carbocycles. The fourth-order valence-electron chi connectivity index (χ4n) is 3.92. The van der Waals surface area contributed by atoms with Crippen LogP contribution in [0.15, 0.2) is 86.0 Å². The van der Waals surface area contributed by atoms with Gasteiger partial charge in [-0.25, -0.2) is 0 Å². The van der Waals surface area contributed by atoms with Crippen LogP contribution in [0.3, 0.4) is 0 Å². The maximum Gasteiger partial charge on any atom is 0.310 e. The predicted molar refractivity (Wildman–Crippen MR) is 144 cm³/mol.